The lowest BCUT2D eigenvalue weighted by atomic mass is 9.70. The Bertz CT molecular complexity index is 574. The van der Waals surface area contributed by atoms with Crippen molar-refractivity contribution in [1.82, 2.24) is 10.2 Å². The first-order chi connectivity index (χ1) is 11.6. The monoisotopic (exact) mass is 348 g/mol. The van der Waals surface area contributed by atoms with Crippen LogP contribution in [0, 0.1) is 23.2 Å². The number of carbonyl (C=O) groups excluding carboxylic acids is 2. The fraction of sp³-hybridized carbons (Fsp3) is 0.800. The highest BCUT2D eigenvalue weighted by molar-refractivity contribution is 5.82. The Labute approximate surface area is 151 Å². The number of amides is 2. The summed E-state index contributed by atoms with van der Waals surface area (Å²) in [6.07, 6.45) is 8.55. The Hall–Kier alpha value is -1.52. The van der Waals surface area contributed by atoms with E-state index in [-0.39, 0.29) is 41.2 Å². The highest BCUT2D eigenvalue weighted by Gasteiger charge is 2.51. The third-order valence-electron chi connectivity index (χ3n) is 6.10. The molecule has 1 N–H and O–H groups in total. The van der Waals surface area contributed by atoms with Gasteiger partial charge in [-0.3, -0.25) is 4.79 Å². The van der Waals surface area contributed by atoms with Crippen LogP contribution >= 0.6 is 0 Å². The zero-order valence-electron chi connectivity index (χ0n) is 16.2. The van der Waals surface area contributed by atoms with Crippen molar-refractivity contribution in [3.63, 3.8) is 0 Å². The highest BCUT2D eigenvalue weighted by Crippen LogP contribution is 2.46. The summed E-state index contributed by atoms with van der Waals surface area (Å²) in [5.41, 5.74) is -0.273. The molecule has 25 heavy (non-hydrogen) atoms. The van der Waals surface area contributed by atoms with Crippen LogP contribution in [0.2, 0.25) is 0 Å². The van der Waals surface area contributed by atoms with E-state index in [1.165, 1.54) is 19.3 Å². The van der Waals surface area contributed by atoms with Crippen molar-refractivity contribution < 1.29 is 14.3 Å². The first kappa shape index (κ1) is 18.3. The van der Waals surface area contributed by atoms with Gasteiger partial charge in [-0.25, -0.2) is 4.79 Å². The topological polar surface area (TPSA) is 58.6 Å². The van der Waals surface area contributed by atoms with Crippen LogP contribution in [-0.2, 0) is 9.53 Å². The summed E-state index contributed by atoms with van der Waals surface area (Å²) >= 11 is 0. The molecule has 0 radical (unpaired) electrons. The van der Waals surface area contributed by atoms with E-state index in [2.05, 4.69) is 24.4 Å². The van der Waals surface area contributed by atoms with E-state index in [0.29, 0.717) is 0 Å². The molecule has 0 aromatic carbocycles. The second kappa shape index (κ2) is 6.33. The van der Waals surface area contributed by atoms with Gasteiger partial charge in [-0.2, -0.15) is 0 Å². The van der Waals surface area contributed by atoms with Crippen LogP contribution in [0.4, 0.5) is 4.79 Å². The second-order valence-corrected chi connectivity index (χ2v) is 9.44. The lowest BCUT2D eigenvalue weighted by Gasteiger charge is -2.40. The van der Waals surface area contributed by atoms with E-state index in [9.17, 15) is 9.59 Å². The molecule has 3 rings (SSSR count). The molecular weight excluding hydrogens is 316 g/mol. The van der Waals surface area contributed by atoms with Crippen LogP contribution in [-0.4, -0.2) is 42.1 Å². The molecule has 0 aromatic rings. The number of ether oxygens (including phenoxy) is 1. The van der Waals surface area contributed by atoms with Crippen molar-refractivity contribution in [3.8, 4) is 0 Å². The minimum absolute atomic E-state index is 0.0883. The normalized spacial score (nSPS) is 32.2. The van der Waals surface area contributed by atoms with Crippen molar-refractivity contribution in [2.75, 3.05) is 13.6 Å². The molecule has 0 unspecified atom stereocenters. The summed E-state index contributed by atoms with van der Waals surface area (Å²) < 4.78 is 5.52. The SMILES string of the molecule is CN(C(=O)OC(C)(C)C)[C@H]1[C@@H](C(=O)NCC2(C)CCC2)[C@@H]2C=C[C@H]1C2. The van der Waals surface area contributed by atoms with Crippen molar-refractivity contribution in [3.05, 3.63) is 12.2 Å². The van der Waals surface area contributed by atoms with Crippen LogP contribution < -0.4 is 5.32 Å². The van der Waals surface area contributed by atoms with Gasteiger partial charge in [0.15, 0.2) is 0 Å². The fourth-order valence-electron chi connectivity index (χ4n) is 4.50. The molecule has 0 aromatic heterocycles. The van der Waals surface area contributed by atoms with E-state index in [4.69, 9.17) is 4.74 Å². The number of carbonyl (C=O) groups is 2. The Morgan fingerprint density at radius 1 is 1.24 bits per heavy atom. The van der Waals surface area contributed by atoms with Gasteiger partial charge < -0.3 is 15.0 Å². The van der Waals surface area contributed by atoms with Gasteiger partial charge in [0.2, 0.25) is 5.91 Å². The minimum atomic E-state index is -0.532. The molecule has 5 heteroatoms. The molecule has 4 atom stereocenters. The second-order valence-electron chi connectivity index (χ2n) is 9.44. The van der Waals surface area contributed by atoms with Gasteiger partial charge in [0, 0.05) is 13.6 Å². The molecule has 0 saturated heterocycles. The third-order valence-corrected chi connectivity index (χ3v) is 6.10. The van der Waals surface area contributed by atoms with Crippen LogP contribution in [0.25, 0.3) is 0 Å². The largest absolute Gasteiger partial charge is 0.444 e. The summed E-state index contributed by atoms with van der Waals surface area (Å²) in [6, 6.07) is -0.112. The Balaban J connectivity index is 1.67. The molecule has 5 nitrogen and oxygen atoms in total. The van der Waals surface area contributed by atoms with E-state index in [0.717, 1.165) is 13.0 Å². The lowest BCUT2D eigenvalue weighted by Crippen LogP contribution is -2.52. The Morgan fingerprint density at radius 2 is 1.88 bits per heavy atom. The molecule has 3 aliphatic carbocycles. The number of hydrogen-bond donors (Lipinski definition) is 1. The van der Waals surface area contributed by atoms with Gasteiger partial charge >= 0.3 is 6.09 Å². The number of hydrogen-bond acceptors (Lipinski definition) is 3. The maximum absolute atomic E-state index is 12.9. The number of nitrogens with zero attached hydrogens (tertiary/aromatic N) is 1. The summed E-state index contributed by atoms with van der Waals surface area (Å²) in [6.45, 7) is 8.57. The van der Waals surface area contributed by atoms with Gasteiger partial charge in [0.1, 0.15) is 5.60 Å². The van der Waals surface area contributed by atoms with Crippen LogP contribution in [0.3, 0.4) is 0 Å². The first-order valence-electron chi connectivity index (χ1n) is 9.51. The average molecular weight is 348 g/mol. The molecular formula is C20H32N2O3. The maximum atomic E-state index is 12.9. The van der Waals surface area contributed by atoms with E-state index in [1.807, 2.05) is 20.8 Å². The molecule has 0 aliphatic heterocycles. The number of fused-ring (bicyclic) bond motifs is 2. The molecule has 2 fully saturated rings. The summed E-state index contributed by atoms with van der Waals surface area (Å²) in [5.74, 6) is 0.396. The summed E-state index contributed by atoms with van der Waals surface area (Å²) in [7, 11) is 1.76. The van der Waals surface area contributed by atoms with E-state index < -0.39 is 5.60 Å². The predicted molar refractivity (Wildman–Crippen MR) is 97.0 cm³/mol. The zero-order chi connectivity index (χ0) is 18.4. The van der Waals surface area contributed by atoms with Gasteiger partial charge in [0.05, 0.1) is 12.0 Å². The molecule has 0 heterocycles. The van der Waals surface area contributed by atoms with Gasteiger partial charge in [-0.1, -0.05) is 25.5 Å². The fourth-order valence-corrected chi connectivity index (χ4v) is 4.50. The quantitative estimate of drug-likeness (QED) is 0.793. The molecule has 2 amide bonds. The maximum Gasteiger partial charge on any atom is 0.410 e. The average Bonchev–Trinajstić information content (AvgIpc) is 3.09. The van der Waals surface area contributed by atoms with Crippen LogP contribution in [0.15, 0.2) is 12.2 Å². The van der Waals surface area contributed by atoms with Crippen molar-refractivity contribution in [2.45, 2.75) is 65.0 Å². The zero-order valence-corrected chi connectivity index (χ0v) is 16.2. The van der Waals surface area contributed by atoms with Crippen molar-refractivity contribution >= 4 is 12.0 Å². The molecule has 2 saturated carbocycles. The van der Waals surface area contributed by atoms with Crippen LogP contribution in [0.5, 0.6) is 0 Å². The van der Waals surface area contributed by atoms with Crippen molar-refractivity contribution in [2.24, 2.45) is 23.2 Å². The summed E-state index contributed by atoms with van der Waals surface area (Å²) in [5, 5.41) is 3.17. The minimum Gasteiger partial charge on any atom is -0.444 e. The number of allylic oxidation sites excluding steroid dienone is 1. The molecule has 2 bridgehead atoms. The van der Waals surface area contributed by atoms with Crippen LogP contribution in [0.1, 0.15) is 53.4 Å². The van der Waals surface area contributed by atoms with Gasteiger partial charge in [-0.15, -0.1) is 0 Å². The van der Waals surface area contributed by atoms with Crippen molar-refractivity contribution in [1.29, 1.82) is 0 Å². The Morgan fingerprint density at radius 3 is 2.44 bits per heavy atom. The Kier molecular flexibility index (Phi) is 4.63. The number of nitrogens with one attached hydrogen (secondary N) is 1. The van der Waals surface area contributed by atoms with Gasteiger partial charge in [-0.05, 0) is 57.3 Å². The van der Waals surface area contributed by atoms with Gasteiger partial charge in [0.25, 0.3) is 0 Å². The standard InChI is InChI=1S/C20H32N2O3/c1-19(2,3)25-18(24)22(5)16-14-8-7-13(11-14)15(16)17(23)21-12-20(4)9-6-10-20/h7-8,13-16H,6,9-12H2,1-5H3,(H,21,23)/t13-,14+,15+,16-/m1/s1. The predicted octanol–water partition coefficient (Wildman–Crippen LogP) is 3.35. The molecule has 140 valence electrons. The third kappa shape index (κ3) is 3.70. The highest BCUT2D eigenvalue weighted by atomic mass is 16.6. The summed E-state index contributed by atoms with van der Waals surface area (Å²) in [4.78, 5) is 27.1. The number of rotatable bonds is 4. The lowest BCUT2D eigenvalue weighted by molar-refractivity contribution is -0.128. The first-order valence-corrected chi connectivity index (χ1v) is 9.51. The van der Waals surface area contributed by atoms with E-state index >= 15 is 0 Å². The smallest absolute Gasteiger partial charge is 0.410 e. The molecule has 0 spiro atoms. The van der Waals surface area contributed by atoms with E-state index in [1.54, 1.807) is 11.9 Å². The molecule has 3 aliphatic rings.